The number of carbonyl (C=O) groups is 3. The van der Waals surface area contributed by atoms with Crippen LogP contribution in [-0.2, 0) is 53.7 Å². The molecular weight excluding hydrogens is 825 g/mol. The Bertz CT molecular complexity index is 1700. The van der Waals surface area contributed by atoms with Gasteiger partial charge in [0.25, 0.3) is 30.9 Å². The van der Waals surface area contributed by atoms with E-state index in [1.165, 1.54) is 0 Å². The first-order valence-corrected chi connectivity index (χ1v) is 20.1. The molecule has 54 heavy (non-hydrogen) atoms. The number of benzene rings is 1. The number of carboxylic acids is 3. The Kier molecular flexibility index (Phi) is 17.3. The number of nitrogens with zero attached hydrogens (tertiary/aromatic N) is 6. The second-order valence-electron chi connectivity index (χ2n) is 13.3. The molecule has 0 aliphatic heterocycles. The maximum Gasteiger partial charge on any atom is 0.303 e. The van der Waals surface area contributed by atoms with Gasteiger partial charge in [-0.2, -0.15) is 0 Å². The molecule has 0 amide bonds. The van der Waals surface area contributed by atoms with Crippen LogP contribution in [0, 0.1) is 0 Å². The summed E-state index contributed by atoms with van der Waals surface area (Å²) in [5.74, 6) is -2.43. The monoisotopic (exact) mass is 867 g/mol. The SMILES string of the molecule is O=C(O)CCCCCn1c[n+](Cc2cc(C[n+]3cn(CCCCCC(=O)O)c(Cl)c3Cl)cc(C[n+]3cn(CCCCCC(=O)O)c(Cl)c3Cl)c2)c(Cl)c1Cl. The number of aliphatic carboxylic acids is 3. The van der Waals surface area contributed by atoms with Gasteiger partial charge in [0.15, 0.2) is 0 Å². The van der Waals surface area contributed by atoms with E-state index in [4.69, 9.17) is 84.9 Å². The van der Waals surface area contributed by atoms with Crippen LogP contribution >= 0.6 is 69.6 Å². The first-order valence-electron chi connectivity index (χ1n) is 17.8. The van der Waals surface area contributed by atoms with Crippen molar-refractivity contribution in [1.82, 2.24) is 13.7 Å². The van der Waals surface area contributed by atoms with Gasteiger partial charge in [-0.1, -0.05) is 0 Å². The quantitative estimate of drug-likeness (QED) is 0.0483. The van der Waals surface area contributed by atoms with Gasteiger partial charge in [0.1, 0.15) is 19.6 Å². The van der Waals surface area contributed by atoms with Crippen molar-refractivity contribution in [3.8, 4) is 0 Å². The zero-order valence-electron chi connectivity index (χ0n) is 29.7. The summed E-state index contributed by atoms with van der Waals surface area (Å²) in [6, 6.07) is 6.18. The molecule has 294 valence electrons. The lowest BCUT2D eigenvalue weighted by atomic mass is 10.0. The van der Waals surface area contributed by atoms with Crippen molar-refractivity contribution in [2.75, 3.05) is 0 Å². The number of rotatable bonds is 24. The van der Waals surface area contributed by atoms with E-state index in [2.05, 4.69) is 18.2 Å². The molecule has 0 radical (unpaired) electrons. The zero-order chi connectivity index (χ0) is 39.4. The van der Waals surface area contributed by atoms with Gasteiger partial charge in [0.2, 0.25) is 19.0 Å². The van der Waals surface area contributed by atoms with E-state index < -0.39 is 17.9 Å². The van der Waals surface area contributed by atoms with Gasteiger partial charge in [-0.25, -0.2) is 27.4 Å². The van der Waals surface area contributed by atoms with Crippen molar-refractivity contribution in [3.05, 3.63) is 84.8 Å². The molecule has 0 saturated carbocycles. The number of carboxylic acid groups (broad SMARTS) is 3. The Labute approximate surface area is 343 Å². The van der Waals surface area contributed by atoms with Crippen LogP contribution in [0.5, 0.6) is 0 Å². The molecule has 12 nitrogen and oxygen atoms in total. The zero-order valence-corrected chi connectivity index (χ0v) is 34.2. The fourth-order valence-corrected chi connectivity index (χ4v) is 7.57. The Balaban J connectivity index is 1.57. The molecule has 4 rings (SSSR count). The summed E-state index contributed by atoms with van der Waals surface area (Å²) in [6.07, 6.45) is 12.2. The van der Waals surface area contributed by atoms with Crippen LogP contribution in [0.1, 0.15) is 93.7 Å². The minimum Gasteiger partial charge on any atom is -0.481 e. The van der Waals surface area contributed by atoms with E-state index in [1.54, 1.807) is 0 Å². The van der Waals surface area contributed by atoms with Crippen molar-refractivity contribution in [2.24, 2.45) is 0 Å². The van der Waals surface area contributed by atoms with Gasteiger partial charge in [0.05, 0.1) is 19.6 Å². The molecule has 0 fully saturated rings. The van der Waals surface area contributed by atoms with Gasteiger partial charge in [-0.05, 0) is 162 Å². The van der Waals surface area contributed by atoms with Crippen molar-refractivity contribution in [3.63, 3.8) is 0 Å². The third-order valence-corrected chi connectivity index (χ3v) is 11.6. The summed E-state index contributed by atoms with van der Waals surface area (Å²) < 4.78 is 11.2. The largest absolute Gasteiger partial charge is 0.481 e. The predicted octanol–water partition coefficient (Wildman–Crippen LogP) is 7.95. The second-order valence-corrected chi connectivity index (χ2v) is 15.5. The minimum atomic E-state index is -0.811. The molecule has 0 saturated heterocycles. The maximum atomic E-state index is 10.9. The second kappa shape index (κ2) is 21.3. The summed E-state index contributed by atoms with van der Waals surface area (Å²) in [5, 5.41) is 29.1. The third-order valence-electron chi connectivity index (χ3n) is 8.90. The molecule has 4 aromatic rings. The minimum absolute atomic E-state index is 0.128. The van der Waals surface area contributed by atoms with Crippen LogP contribution in [0.2, 0.25) is 30.9 Å². The molecule has 0 atom stereocenters. The lowest BCUT2D eigenvalue weighted by Gasteiger charge is -2.08. The average molecular weight is 871 g/mol. The highest BCUT2D eigenvalue weighted by molar-refractivity contribution is 6.40. The molecular formula is C36H45Cl6N6O6+3. The van der Waals surface area contributed by atoms with Crippen LogP contribution < -0.4 is 13.7 Å². The fraction of sp³-hybridized carbons (Fsp3) is 0.500. The van der Waals surface area contributed by atoms with Crippen molar-refractivity contribution in [2.45, 2.75) is 116 Å². The fourth-order valence-electron chi connectivity index (χ4n) is 6.23. The Hall–Kier alpha value is -3.00. The molecule has 18 heteroatoms. The van der Waals surface area contributed by atoms with Gasteiger partial charge in [0, 0.05) is 19.3 Å². The summed E-state index contributed by atoms with van der Waals surface area (Å²) in [5.41, 5.74) is 2.81. The van der Waals surface area contributed by atoms with Gasteiger partial charge < -0.3 is 15.3 Å². The van der Waals surface area contributed by atoms with Crippen molar-refractivity contribution in [1.29, 1.82) is 0 Å². The summed E-state index contributed by atoms with van der Waals surface area (Å²) in [6.45, 7) is 2.98. The number of aryl methyl sites for hydroxylation is 3. The number of hydrogen-bond acceptors (Lipinski definition) is 3. The Morgan fingerprint density at radius 2 is 0.704 bits per heavy atom. The molecule has 3 N–H and O–H groups in total. The van der Waals surface area contributed by atoms with Crippen molar-refractivity contribution < 1.29 is 43.4 Å². The molecule has 3 aromatic heterocycles. The molecule has 0 aliphatic carbocycles. The van der Waals surface area contributed by atoms with Gasteiger partial charge in [-0.3, -0.25) is 14.4 Å². The van der Waals surface area contributed by atoms with E-state index in [0.717, 1.165) is 55.2 Å². The lowest BCUT2D eigenvalue weighted by Crippen LogP contribution is -2.36. The topological polar surface area (TPSA) is 138 Å². The first kappa shape index (κ1) is 43.7. The highest BCUT2D eigenvalue weighted by atomic mass is 35.5. The van der Waals surface area contributed by atoms with E-state index in [-0.39, 0.29) is 19.3 Å². The average Bonchev–Trinajstić information content (AvgIpc) is 3.64. The summed E-state index contributed by atoms with van der Waals surface area (Å²) >= 11 is 40.0. The van der Waals surface area contributed by atoms with E-state index in [1.807, 2.05) is 46.4 Å². The van der Waals surface area contributed by atoms with Crippen LogP contribution in [0.15, 0.2) is 37.2 Å². The van der Waals surface area contributed by atoms with Crippen LogP contribution in [0.3, 0.4) is 0 Å². The van der Waals surface area contributed by atoms with Crippen LogP contribution in [-0.4, -0.2) is 46.9 Å². The number of hydrogen-bond donors (Lipinski definition) is 3. The first-order chi connectivity index (χ1) is 25.7. The normalized spacial score (nSPS) is 11.4. The molecule has 0 bridgehead atoms. The van der Waals surface area contributed by atoms with E-state index >= 15 is 0 Å². The van der Waals surface area contributed by atoms with E-state index in [0.29, 0.717) is 89.4 Å². The predicted molar refractivity (Wildman–Crippen MR) is 206 cm³/mol. The highest BCUT2D eigenvalue weighted by Gasteiger charge is 2.25. The maximum absolute atomic E-state index is 10.9. The Morgan fingerprint density at radius 3 is 0.944 bits per heavy atom. The number of halogens is 6. The summed E-state index contributed by atoms with van der Waals surface area (Å²) in [7, 11) is 0. The van der Waals surface area contributed by atoms with E-state index in [9.17, 15) is 14.4 Å². The highest BCUT2D eigenvalue weighted by Crippen LogP contribution is 2.24. The molecule has 0 unspecified atom stereocenters. The Morgan fingerprint density at radius 1 is 0.444 bits per heavy atom. The van der Waals surface area contributed by atoms with Gasteiger partial charge in [-0.15, -0.1) is 0 Å². The number of aromatic nitrogens is 6. The number of imidazole rings is 3. The molecule has 0 aliphatic rings. The van der Waals surface area contributed by atoms with Crippen molar-refractivity contribution >= 4 is 87.5 Å². The number of unbranched alkanes of at least 4 members (excludes halogenated alkanes) is 6. The molecule has 0 spiro atoms. The standard InChI is InChI=1S/C36H42Cl6N6O6/c37-31-34(40)46(22-43(31)13-7-1-4-10-28(49)50)19-25-16-26(20-47-23-44(32(38)35(47)41)14-8-2-5-11-29(51)52)18-27(17-25)21-48-24-45(33(39)36(48)42)15-9-3-6-12-30(53)54/h16-18,22-24H,1-15,19-21H2/p+3. The summed E-state index contributed by atoms with van der Waals surface area (Å²) in [4.78, 5) is 32.6. The lowest BCUT2D eigenvalue weighted by molar-refractivity contribution is -0.687. The molecule has 1 aromatic carbocycles. The third kappa shape index (κ3) is 13.1. The van der Waals surface area contributed by atoms with Crippen LogP contribution in [0.4, 0.5) is 0 Å². The smallest absolute Gasteiger partial charge is 0.303 e. The van der Waals surface area contributed by atoms with Gasteiger partial charge >= 0.3 is 17.9 Å². The molecule has 3 heterocycles. The van der Waals surface area contributed by atoms with Crippen LogP contribution in [0.25, 0.3) is 0 Å².